The molecule has 2 aromatic rings. The molecule has 156 valence electrons. The van der Waals surface area contributed by atoms with Gasteiger partial charge in [-0.05, 0) is 30.2 Å². The molecule has 4 rings (SSSR count). The summed E-state index contributed by atoms with van der Waals surface area (Å²) in [6.07, 6.45) is 4.55. The summed E-state index contributed by atoms with van der Waals surface area (Å²) >= 11 is 6.20. The second-order valence-electron chi connectivity index (χ2n) is 7.87. The molecule has 0 bridgehead atoms. The van der Waals surface area contributed by atoms with Gasteiger partial charge in [-0.3, -0.25) is 19.4 Å². The fourth-order valence-electron chi connectivity index (χ4n) is 4.05. The van der Waals surface area contributed by atoms with Crippen molar-refractivity contribution in [3.63, 3.8) is 0 Å². The molecule has 2 saturated heterocycles. The summed E-state index contributed by atoms with van der Waals surface area (Å²) < 4.78 is 0. The quantitative estimate of drug-likeness (QED) is 0.689. The zero-order valence-electron chi connectivity index (χ0n) is 17.1. The predicted molar refractivity (Wildman–Crippen MR) is 121 cm³/mol. The Kier molecular flexibility index (Phi) is 6.32. The van der Waals surface area contributed by atoms with Crippen LogP contribution in [0.5, 0.6) is 0 Å². The number of nitrogens with zero attached hydrogens (tertiary/aromatic N) is 3. The highest BCUT2D eigenvalue weighted by Crippen LogP contribution is 2.29. The van der Waals surface area contributed by atoms with Gasteiger partial charge in [0.15, 0.2) is 0 Å². The molecular weight excluding hydrogens is 398 g/mol. The van der Waals surface area contributed by atoms with Crippen LogP contribution in [0.15, 0.2) is 54.6 Å². The first-order valence-electron chi connectivity index (χ1n) is 10.3. The number of hydrogen-bond donors (Lipinski definition) is 0. The maximum absolute atomic E-state index is 13.0. The molecule has 2 aliphatic rings. The maximum atomic E-state index is 13.0. The van der Waals surface area contributed by atoms with Crippen molar-refractivity contribution in [1.29, 1.82) is 0 Å². The van der Waals surface area contributed by atoms with Gasteiger partial charge in [-0.25, -0.2) is 4.90 Å². The summed E-state index contributed by atoms with van der Waals surface area (Å²) in [7, 11) is 0. The smallest absolute Gasteiger partial charge is 0.251 e. The van der Waals surface area contributed by atoms with Gasteiger partial charge in [0.05, 0.1) is 18.2 Å². The van der Waals surface area contributed by atoms with Crippen LogP contribution in [0.25, 0.3) is 6.08 Å². The SMILES string of the molecule is Cc1ccc(N2C(=O)C[C@@H](N3CCN(C/C=C/c4ccccc4)CC3)C2=O)cc1Cl. The Balaban J connectivity index is 1.33. The van der Waals surface area contributed by atoms with E-state index in [4.69, 9.17) is 11.6 Å². The summed E-state index contributed by atoms with van der Waals surface area (Å²) in [5, 5.41) is 0.564. The van der Waals surface area contributed by atoms with E-state index in [0.29, 0.717) is 10.7 Å². The van der Waals surface area contributed by atoms with Crippen LogP contribution in [-0.4, -0.2) is 60.4 Å². The number of aryl methyl sites for hydroxylation is 1. The van der Waals surface area contributed by atoms with Crippen LogP contribution >= 0.6 is 11.6 Å². The fourth-order valence-corrected chi connectivity index (χ4v) is 4.23. The molecule has 1 atom stereocenters. The Hall–Kier alpha value is -2.47. The lowest BCUT2D eigenvalue weighted by Gasteiger charge is -2.36. The number of carbonyl (C=O) groups excluding carboxylic acids is 2. The molecule has 2 aromatic carbocycles. The molecule has 0 unspecified atom stereocenters. The van der Waals surface area contributed by atoms with Crippen LogP contribution in [0.2, 0.25) is 5.02 Å². The summed E-state index contributed by atoms with van der Waals surface area (Å²) in [6.45, 7) is 6.11. The lowest BCUT2D eigenvalue weighted by molar-refractivity contribution is -0.123. The fraction of sp³-hybridized carbons (Fsp3) is 0.333. The van der Waals surface area contributed by atoms with Gasteiger partial charge in [0, 0.05) is 37.7 Å². The zero-order valence-corrected chi connectivity index (χ0v) is 17.9. The molecule has 5 nitrogen and oxygen atoms in total. The third kappa shape index (κ3) is 4.48. The van der Waals surface area contributed by atoms with E-state index >= 15 is 0 Å². The number of imide groups is 1. The average molecular weight is 424 g/mol. The average Bonchev–Trinajstić information content (AvgIpc) is 3.05. The molecule has 0 aromatic heterocycles. The van der Waals surface area contributed by atoms with Crippen molar-refractivity contribution >= 4 is 35.2 Å². The first-order valence-corrected chi connectivity index (χ1v) is 10.7. The van der Waals surface area contributed by atoms with Gasteiger partial charge < -0.3 is 0 Å². The first kappa shape index (κ1) is 20.8. The van der Waals surface area contributed by atoms with Crippen LogP contribution in [0, 0.1) is 6.92 Å². The number of amides is 2. The molecule has 0 saturated carbocycles. The van der Waals surface area contributed by atoms with Crippen LogP contribution in [-0.2, 0) is 9.59 Å². The van der Waals surface area contributed by atoms with Crippen molar-refractivity contribution in [2.45, 2.75) is 19.4 Å². The van der Waals surface area contributed by atoms with E-state index in [1.54, 1.807) is 12.1 Å². The number of carbonyl (C=O) groups is 2. The lowest BCUT2D eigenvalue weighted by atomic mass is 10.1. The molecule has 2 fully saturated rings. The van der Waals surface area contributed by atoms with E-state index in [2.05, 4.69) is 34.1 Å². The first-order chi connectivity index (χ1) is 14.5. The summed E-state index contributed by atoms with van der Waals surface area (Å²) in [5.74, 6) is -0.296. The molecule has 2 aliphatic heterocycles. The minimum Gasteiger partial charge on any atom is -0.297 e. The van der Waals surface area contributed by atoms with E-state index in [1.165, 1.54) is 10.5 Å². The maximum Gasteiger partial charge on any atom is 0.251 e. The van der Waals surface area contributed by atoms with Gasteiger partial charge in [-0.2, -0.15) is 0 Å². The van der Waals surface area contributed by atoms with Crippen molar-refractivity contribution < 1.29 is 9.59 Å². The molecule has 30 heavy (non-hydrogen) atoms. The highest BCUT2D eigenvalue weighted by molar-refractivity contribution is 6.32. The lowest BCUT2D eigenvalue weighted by Crippen LogP contribution is -2.52. The largest absolute Gasteiger partial charge is 0.297 e. The highest BCUT2D eigenvalue weighted by atomic mass is 35.5. The van der Waals surface area contributed by atoms with Crippen molar-refractivity contribution in [1.82, 2.24) is 9.80 Å². The van der Waals surface area contributed by atoms with Crippen LogP contribution in [0.1, 0.15) is 17.5 Å². The van der Waals surface area contributed by atoms with Gasteiger partial charge in [0.1, 0.15) is 0 Å². The van der Waals surface area contributed by atoms with E-state index in [1.807, 2.05) is 31.2 Å². The second-order valence-corrected chi connectivity index (χ2v) is 8.28. The molecule has 2 amide bonds. The van der Waals surface area contributed by atoms with E-state index in [-0.39, 0.29) is 24.3 Å². The Morgan fingerprint density at radius 2 is 1.77 bits per heavy atom. The number of benzene rings is 2. The summed E-state index contributed by atoms with van der Waals surface area (Å²) in [5.41, 5.74) is 2.68. The number of piperazine rings is 1. The molecule has 0 N–H and O–H groups in total. The van der Waals surface area contributed by atoms with Gasteiger partial charge in [-0.15, -0.1) is 0 Å². The third-order valence-electron chi connectivity index (χ3n) is 5.86. The number of rotatable bonds is 5. The summed E-state index contributed by atoms with van der Waals surface area (Å²) in [4.78, 5) is 31.4. The van der Waals surface area contributed by atoms with E-state index in [0.717, 1.165) is 38.3 Å². The van der Waals surface area contributed by atoms with Crippen molar-refractivity contribution in [2.24, 2.45) is 0 Å². The molecule has 0 aliphatic carbocycles. The molecule has 2 heterocycles. The highest BCUT2D eigenvalue weighted by Gasteiger charge is 2.43. The van der Waals surface area contributed by atoms with Crippen molar-refractivity contribution in [3.8, 4) is 0 Å². The molecule has 0 radical (unpaired) electrons. The zero-order chi connectivity index (χ0) is 21.1. The minimum absolute atomic E-state index is 0.141. The standard InChI is InChI=1S/C24H26ClN3O2/c1-18-9-10-20(16-21(18)25)28-23(29)17-22(24(28)30)27-14-12-26(13-15-27)11-5-8-19-6-3-2-4-7-19/h2-10,16,22H,11-15,17H2,1H3/b8-5+/t22-/m1/s1. The summed E-state index contributed by atoms with van der Waals surface area (Å²) in [6, 6.07) is 15.2. The van der Waals surface area contributed by atoms with Crippen LogP contribution < -0.4 is 4.90 Å². The van der Waals surface area contributed by atoms with Crippen LogP contribution in [0.4, 0.5) is 5.69 Å². The van der Waals surface area contributed by atoms with Crippen molar-refractivity contribution in [2.75, 3.05) is 37.6 Å². The second kappa shape index (κ2) is 9.13. The number of halogens is 1. The van der Waals surface area contributed by atoms with Gasteiger partial charge >= 0.3 is 0 Å². The van der Waals surface area contributed by atoms with Gasteiger partial charge in [0.25, 0.3) is 5.91 Å². The van der Waals surface area contributed by atoms with Gasteiger partial charge in [-0.1, -0.05) is 60.2 Å². The Labute approximate surface area is 182 Å². The number of hydrogen-bond acceptors (Lipinski definition) is 4. The molecule has 0 spiro atoms. The molecular formula is C24H26ClN3O2. The van der Waals surface area contributed by atoms with Gasteiger partial charge in [0.2, 0.25) is 5.91 Å². The monoisotopic (exact) mass is 423 g/mol. The normalized spacial score (nSPS) is 21.1. The third-order valence-corrected chi connectivity index (χ3v) is 6.26. The van der Waals surface area contributed by atoms with Crippen molar-refractivity contribution in [3.05, 3.63) is 70.8 Å². The van der Waals surface area contributed by atoms with Crippen LogP contribution in [0.3, 0.4) is 0 Å². The predicted octanol–water partition coefficient (Wildman–Crippen LogP) is 3.61. The van der Waals surface area contributed by atoms with E-state index < -0.39 is 0 Å². The Morgan fingerprint density at radius 3 is 2.47 bits per heavy atom. The Bertz CT molecular complexity index is 952. The minimum atomic E-state index is -0.375. The molecule has 6 heteroatoms. The topological polar surface area (TPSA) is 43.9 Å². The number of anilines is 1. The Morgan fingerprint density at radius 1 is 1.03 bits per heavy atom. The van der Waals surface area contributed by atoms with E-state index in [9.17, 15) is 9.59 Å².